The van der Waals surface area contributed by atoms with Gasteiger partial charge in [0.2, 0.25) is 0 Å². The third-order valence-corrected chi connectivity index (χ3v) is 10.9. The average Bonchev–Trinajstić information content (AvgIpc) is 3.72. The second-order valence-electron chi connectivity index (χ2n) is 12.5. The zero-order valence-corrected chi connectivity index (χ0v) is 27.3. The molecule has 8 aromatic carbocycles. The molecule has 10 aromatic rings. The van der Waals surface area contributed by atoms with Gasteiger partial charge >= 0.3 is 0 Å². The summed E-state index contributed by atoms with van der Waals surface area (Å²) >= 11 is 1.87. The van der Waals surface area contributed by atoms with Crippen LogP contribution in [0.25, 0.3) is 75.1 Å². The first-order valence-corrected chi connectivity index (χ1v) is 17.4. The van der Waals surface area contributed by atoms with Crippen LogP contribution in [0, 0.1) is 0 Å². The summed E-state index contributed by atoms with van der Waals surface area (Å²) in [4.78, 5) is 2.37. The first kappa shape index (κ1) is 27.9. The lowest BCUT2D eigenvalue weighted by Crippen LogP contribution is -2.11. The summed E-state index contributed by atoms with van der Waals surface area (Å²) in [6.07, 6.45) is 0. The van der Waals surface area contributed by atoms with Crippen molar-refractivity contribution in [2.24, 2.45) is 0 Å². The maximum absolute atomic E-state index is 6.35. The van der Waals surface area contributed by atoms with E-state index < -0.39 is 0 Å². The first-order valence-electron chi connectivity index (χ1n) is 16.6. The Labute approximate surface area is 287 Å². The smallest absolute Gasteiger partial charge is 0.136 e. The lowest BCUT2D eigenvalue weighted by Gasteiger charge is -2.28. The van der Waals surface area contributed by atoms with Crippen LogP contribution in [0.15, 0.2) is 180 Å². The van der Waals surface area contributed by atoms with E-state index in [0.29, 0.717) is 0 Å². The second-order valence-corrected chi connectivity index (χ2v) is 13.6. The van der Waals surface area contributed by atoms with Crippen molar-refractivity contribution in [3.05, 3.63) is 176 Å². The van der Waals surface area contributed by atoms with Gasteiger partial charge in [-0.05, 0) is 88.1 Å². The summed E-state index contributed by atoms with van der Waals surface area (Å²) in [6.45, 7) is 0. The fourth-order valence-corrected chi connectivity index (χ4v) is 8.55. The number of hydrogen-bond donors (Lipinski definition) is 0. The largest absolute Gasteiger partial charge is 0.456 e. The highest BCUT2D eigenvalue weighted by Gasteiger charge is 2.19. The molecule has 0 bridgehead atoms. The minimum atomic E-state index is 0.899. The van der Waals surface area contributed by atoms with Crippen molar-refractivity contribution >= 4 is 81.3 Å². The Morgan fingerprint density at radius 3 is 1.94 bits per heavy atom. The van der Waals surface area contributed by atoms with E-state index >= 15 is 0 Å². The van der Waals surface area contributed by atoms with Crippen molar-refractivity contribution < 1.29 is 4.42 Å². The van der Waals surface area contributed by atoms with Crippen molar-refractivity contribution in [2.45, 2.75) is 0 Å². The maximum atomic E-state index is 6.35. The van der Waals surface area contributed by atoms with Crippen LogP contribution in [0.3, 0.4) is 0 Å². The van der Waals surface area contributed by atoms with E-state index in [9.17, 15) is 0 Å². The number of hydrogen-bond acceptors (Lipinski definition) is 3. The molecule has 0 amide bonds. The molecule has 230 valence electrons. The number of furan rings is 1. The molecule has 0 aliphatic heterocycles. The summed E-state index contributed by atoms with van der Waals surface area (Å²) in [5.41, 5.74) is 9.92. The van der Waals surface area contributed by atoms with E-state index in [1.165, 1.54) is 42.1 Å². The van der Waals surface area contributed by atoms with Crippen LogP contribution in [0.2, 0.25) is 0 Å². The van der Waals surface area contributed by atoms with Crippen molar-refractivity contribution in [1.29, 1.82) is 0 Å². The first-order chi connectivity index (χ1) is 24.3. The highest BCUT2D eigenvalue weighted by molar-refractivity contribution is 7.26. The molecule has 0 fully saturated rings. The summed E-state index contributed by atoms with van der Waals surface area (Å²) in [7, 11) is 0. The van der Waals surface area contributed by atoms with Gasteiger partial charge in [-0.15, -0.1) is 11.3 Å². The Bertz CT molecular complexity index is 2830. The SMILES string of the molecule is c1ccc(N(c2ccc(-c3cccc4c3sc3ccccc34)cc2)c2ccccc2-c2ccc3oc4cc5ccccc5cc4c3c2)cc1. The Morgan fingerprint density at radius 1 is 0.408 bits per heavy atom. The van der Waals surface area contributed by atoms with Crippen molar-refractivity contribution in [1.82, 2.24) is 0 Å². The van der Waals surface area contributed by atoms with E-state index in [2.05, 4.69) is 181 Å². The molecule has 0 saturated heterocycles. The Morgan fingerprint density at radius 2 is 1.06 bits per heavy atom. The van der Waals surface area contributed by atoms with Gasteiger partial charge in [0.1, 0.15) is 11.2 Å². The lowest BCUT2D eigenvalue weighted by molar-refractivity contribution is 0.669. The third-order valence-electron chi connectivity index (χ3n) is 9.65. The number of benzene rings is 8. The van der Waals surface area contributed by atoms with Gasteiger partial charge in [0, 0.05) is 47.9 Å². The van der Waals surface area contributed by atoms with E-state index in [1.807, 2.05) is 11.3 Å². The Hall–Kier alpha value is -6.16. The number of fused-ring (bicyclic) bond motifs is 7. The summed E-state index contributed by atoms with van der Waals surface area (Å²) in [6, 6.07) is 63.2. The van der Waals surface area contributed by atoms with E-state index in [4.69, 9.17) is 4.42 Å². The fourth-order valence-electron chi connectivity index (χ4n) is 7.31. The van der Waals surface area contributed by atoms with Crippen LogP contribution in [0.5, 0.6) is 0 Å². The van der Waals surface area contributed by atoms with Crippen molar-refractivity contribution in [3.63, 3.8) is 0 Å². The zero-order chi connectivity index (χ0) is 32.3. The molecule has 0 aliphatic carbocycles. The van der Waals surface area contributed by atoms with Crippen LogP contribution in [0.4, 0.5) is 17.1 Å². The minimum Gasteiger partial charge on any atom is -0.456 e. The van der Waals surface area contributed by atoms with E-state index in [-0.39, 0.29) is 0 Å². The van der Waals surface area contributed by atoms with Crippen LogP contribution >= 0.6 is 11.3 Å². The second kappa shape index (κ2) is 11.2. The molecule has 2 heterocycles. The number of para-hydroxylation sites is 2. The van der Waals surface area contributed by atoms with Gasteiger partial charge in [-0.25, -0.2) is 0 Å². The molecule has 0 aliphatic rings. The molecule has 49 heavy (non-hydrogen) atoms. The molecule has 0 spiro atoms. The molecule has 2 aromatic heterocycles. The molecule has 0 unspecified atom stereocenters. The average molecular weight is 644 g/mol. The molecule has 3 heteroatoms. The lowest BCUT2D eigenvalue weighted by atomic mass is 9.98. The highest BCUT2D eigenvalue weighted by atomic mass is 32.1. The summed E-state index contributed by atoms with van der Waals surface area (Å²) in [5, 5.41) is 7.30. The van der Waals surface area contributed by atoms with Crippen LogP contribution in [0.1, 0.15) is 0 Å². The fraction of sp³-hybridized carbons (Fsp3) is 0. The standard InChI is InChI=1S/C46H29NOS/c1-2-13-34(14-3-1)47(35-24-21-30(22-25-35)37-17-10-18-39-38-16-7-9-20-45(38)49-46(37)39)42-19-8-6-15-36(42)33-23-26-43-40(28-33)41-27-31-11-4-5-12-32(31)29-44(41)48-43/h1-29H. The maximum Gasteiger partial charge on any atom is 0.136 e. The highest BCUT2D eigenvalue weighted by Crippen LogP contribution is 2.44. The summed E-state index contributed by atoms with van der Waals surface area (Å²) in [5.74, 6) is 0. The zero-order valence-electron chi connectivity index (χ0n) is 26.5. The monoisotopic (exact) mass is 643 g/mol. The van der Waals surface area contributed by atoms with Crippen molar-refractivity contribution in [2.75, 3.05) is 4.90 Å². The molecule has 2 nitrogen and oxygen atoms in total. The van der Waals surface area contributed by atoms with Gasteiger partial charge in [-0.2, -0.15) is 0 Å². The number of nitrogens with zero attached hydrogens (tertiary/aromatic N) is 1. The van der Waals surface area contributed by atoms with Gasteiger partial charge in [0.25, 0.3) is 0 Å². The Kier molecular flexibility index (Phi) is 6.39. The van der Waals surface area contributed by atoms with Crippen LogP contribution in [-0.2, 0) is 0 Å². The van der Waals surface area contributed by atoms with Crippen LogP contribution in [-0.4, -0.2) is 0 Å². The third kappa shape index (κ3) is 4.62. The summed E-state index contributed by atoms with van der Waals surface area (Å²) < 4.78 is 9.00. The normalized spacial score (nSPS) is 11.7. The van der Waals surface area contributed by atoms with Gasteiger partial charge in [0.05, 0.1) is 5.69 Å². The van der Waals surface area contributed by atoms with Crippen molar-refractivity contribution in [3.8, 4) is 22.3 Å². The number of anilines is 3. The van der Waals surface area contributed by atoms with E-state index in [1.54, 1.807) is 0 Å². The predicted molar refractivity (Wildman–Crippen MR) is 210 cm³/mol. The van der Waals surface area contributed by atoms with Gasteiger partial charge in [-0.3, -0.25) is 0 Å². The molecule has 0 N–H and O–H groups in total. The topological polar surface area (TPSA) is 16.4 Å². The minimum absolute atomic E-state index is 0.899. The van der Waals surface area contributed by atoms with Crippen LogP contribution < -0.4 is 4.90 Å². The number of rotatable bonds is 5. The van der Waals surface area contributed by atoms with E-state index in [0.717, 1.165) is 50.1 Å². The Balaban J connectivity index is 1.10. The molecule has 10 rings (SSSR count). The van der Waals surface area contributed by atoms with Gasteiger partial charge in [-0.1, -0.05) is 115 Å². The molecule has 0 radical (unpaired) electrons. The molecule has 0 atom stereocenters. The molecular formula is C46H29NOS. The van der Waals surface area contributed by atoms with Gasteiger partial charge in [0.15, 0.2) is 0 Å². The number of thiophene rings is 1. The molecule has 0 saturated carbocycles. The predicted octanol–water partition coefficient (Wildman–Crippen LogP) is 13.9. The van der Waals surface area contributed by atoms with Gasteiger partial charge < -0.3 is 9.32 Å². The quantitative estimate of drug-likeness (QED) is 0.186. The molecular weight excluding hydrogens is 615 g/mol.